The van der Waals surface area contributed by atoms with Gasteiger partial charge >= 0.3 is 0 Å². The van der Waals surface area contributed by atoms with Crippen LogP contribution in [0.3, 0.4) is 0 Å². The van der Waals surface area contributed by atoms with Gasteiger partial charge in [-0.3, -0.25) is 19.9 Å². The normalized spacial score (nSPS) is 22.6. The molecule has 8 aliphatic carbocycles. The first-order chi connectivity index (χ1) is 57.9. The Morgan fingerprint density at radius 1 is 0.246 bits per heavy atom. The fraction of sp³-hybridized carbons (Fsp3) is 0.309. The largest absolute Gasteiger partial charge is 0.310 e. The van der Waals surface area contributed by atoms with E-state index in [9.17, 15) is 0 Å². The molecule has 118 heavy (non-hydrogen) atoms. The summed E-state index contributed by atoms with van der Waals surface area (Å²) in [5.41, 5.74) is 28.2. The Morgan fingerprint density at radius 3 is 1.00 bits per heavy atom. The molecule has 8 aliphatic rings. The van der Waals surface area contributed by atoms with Crippen LogP contribution in [0.5, 0.6) is 0 Å². The lowest BCUT2D eigenvalue weighted by Gasteiger charge is -2.28. The van der Waals surface area contributed by atoms with Crippen LogP contribution in [0.2, 0.25) is 0 Å². The number of aromatic nitrogens is 4. The van der Waals surface area contributed by atoms with Gasteiger partial charge in [-0.2, -0.15) is 0 Å². The molecule has 0 aliphatic heterocycles. The summed E-state index contributed by atoms with van der Waals surface area (Å²) in [6.07, 6.45) is 28.5. The van der Waals surface area contributed by atoms with Crippen molar-refractivity contribution in [3.63, 3.8) is 0 Å². The molecule has 0 spiro atoms. The van der Waals surface area contributed by atoms with Gasteiger partial charge in [0.25, 0.3) is 0 Å². The van der Waals surface area contributed by atoms with Crippen molar-refractivity contribution in [3.05, 3.63) is 360 Å². The smallest absolute Gasteiger partial charge is 0.137 e. The molecule has 4 aromatic heterocycles. The Kier molecular flexibility index (Phi) is 21.9. The van der Waals surface area contributed by atoms with Gasteiger partial charge in [-0.05, 0) is 392 Å². The van der Waals surface area contributed by atoms with Crippen LogP contribution in [-0.2, 0) is 0 Å². The van der Waals surface area contributed by atoms with E-state index in [2.05, 4.69) is 344 Å². The highest BCUT2D eigenvalue weighted by Gasteiger charge is 2.43. The predicted molar refractivity (Wildman–Crippen MR) is 492 cm³/mol. The van der Waals surface area contributed by atoms with E-state index in [1.807, 2.05) is 30.7 Å². The number of para-hydroxylation sites is 1. The summed E-state index contributed by atoms with van der Waals surface area (Å²) in [7, 11) is 0. The van der Waals surface area contributed by atoms with E-state index in [1.54, 1.807) is 5.56 Å². The fourth-order valence-electron chi connectivity index (χ4n) is 22.7. The zero-order valence-electron chi connectivity index (χ0n) is 69.7. The number of aryl methyl sites for hydroxylation is 6. The standard InChI is InChI=1S/C31H27N3.C27H29N.2C26H28N2/c1-2-7-25(8-3-1)34(26-14-12-22(13-15-26)28-19-21-10-11-23(28)18-21)29-20-24-6-4-16-32-30(24)31-27(29)9-5-17-33-31;1-19-5-3-7-25(15-19)28(26-8-4-6-20(2)16-26)24-13-11-22(12-14-24)27-18-21-9-10-23(27)17-21;1-18-5-3-7-24(15-18)28(26-8-4-6-19(2)27-26)23-13-11-21(12-14-23)25-17-20-9-10-22(25)16-20;1-18-4-3-5-24(14-18)28(25-12-13-27-19(2)15-25)23-10-8-21(9-11-23)26-17-20-6-7-22(26)16-20/h1-9,12-17,20-21,23,28H,10-11,18-19H2;3-8,11-16,21,23,27H,9-10,17-18H2,1-2H3;3-8,11-15,20,22,25H,9-10,16-17H2,1-2H3;3-5,8-15,20,22,26H,6-7,16-17H2,1-2H3. The number of hydrogen-bond acceptors (Lipinski definition) is 8. The first-order valence-corrected chi connectivity index (χ1v) is 44.3. The molecule has 8 fully saturated rings. The van der Waals surface area contributed by atoms with E-state index in [-0.39, 0.29) is 0 Å². The molecular weight excluding hydrogens is 1430 g/mol. The van der Waals surface area contributed by atoms with Crippen LogP contribution >= 0.6 is 0 Å². The van der Waals surface area contributed by atoms with Gasteiger partial charge in [-0.25, -0.2) is 4.98 Å². The summed E-state index contributed by atoms with van der Waals surface area (Å²) >= 11 is 0. The highest BCUT2D eigenvalue weighted by atomic mass is 15.2. The van der Waals surface area contributed by atoms with Crippen LogP contribution in [0.25, 0.3) is 21.8 Å². The second-order valence-electron chi connectivity index (χ2n) is 36.2. The highest BCUT2D eigenvalue weighted by Crippen LogP contribution is 2.57. The molecule has 12 unspecified atom stereocenters. The molecule has 14 aromatic rings. The van der Waals surface area contributed by atoms with E-state index in [0.717, 1.165) is 133 Å². The second kappa shape index (κ2) is 33.9. The minimum atomic E-state index is 0.745. The van der Waals surface area contributed by atoms with Crippen LogP contribution in [-0.4, -0.2) is 19.9 Å². The number of anilines is 12. The zero-order valence-corrected chi connectivity index (χ0v) is 69.7. The maximum Gasteiger partial charge on any atom is 0.137 e. The highest BCUT2D eigenvalue weighted by molar-refractivity contribution is 6.11. The van der Waals surface area contributed by atoms with Crippen molar-refractivity contribution in [1.82, 2.24) is 19.9 Å². The van der Waals surface area contributed by atoms with Crippen molar-refractivity contribution in [2.75, 3.05) is 19.6 Å². The first-order valence-electron chi connectivity index (χ1n) is 44.3. The average molecular weight is 1550 g/mol. The Bertz CT molecular complexity index is 5300. The summed E-state index contributed by atoms with van der Waals surface area (Å²) in [6, 6.07) is 104. The quantitative estimate of drug-likeness (QED) is 0.0887. The van der Waals surface area contributed by atoms with Gasteiger partial charge in [-0.1, -0.05) is 153 Å². The molecule has 0 saturated heterocycles. The predicted octanol–water partition coefficient (Wildman–Crippen LogP) is 30.0. The van der Waals surface area contributed by atoms with Gasteiger partial charge in [0, 0.05) is 97.6 Å². The molecule has 10 aromatic carbocycles. The SMILES string of the molecule is Cc1cccc(N(c2ccc(C3CC4CCC3C4)cc2)c2cccc(C)c2)c1.Cc1cccc(N(c2ccc(C3CC4CCC3C4)cc2)c2cccc(C)n2)c1.Cc1cccc(N(c2ccc(C3CC4CCC3C4)cc2)c2ccnc(C)c2)c1.c1ccc(N(c2ccc(C3CC4CCC3C4)cc2)c2cc3cccnc3c3ncccc23)cc1. The molecule has 592 valence electrons. The van der Waals surface area contributed by atoms with Crippen molar-refractivity contribution in [3.8, 4) is 0 Å². The first kappa shape index (κ1) is 76.5. The van der Waals surface area contributed by atoms with E-state index < -0.39 is 0 Å². The monoisotopic (exact) mass is 1540 g/mol. The van der Waals surface area contributed by atoms with Gasteiger partial charge in [0.1, 0.15) is 5.82 Å². The molecule has 12 atom stereocenters. The third-order valence-electron chi connectivity index (χ3n) is 28.2. The van der Waals surface area contributed by atoms with Gasteiger partial charge in [0.15, 0.2) is 0 Å². The number of nitrogens with zero attached hydrogens (tertiary/aromatic N) is 8. The summed E-state index contributed by atoms with van der Waals surface area (Å²) < 4.78 is 0. The maximum atomic E-state index is 4.81. The van der Waals surface area contributed by atoms with Crippen LogP contribution in [0.1, 0.15) is 182 Å². The van der Waals surface area contributed by atoms with Crippen LogP contribution in [0.4, 0.5) is 68.4 Å². The third kappa shape index (κ3) is 16.3. The van der Waals surface area contributed by atoms with Crippen molar-refractivity contribution in [2.24, 2.45) is 47.3 Å². The lowest BCUT2D eigenvalue weighted by molar-refractivity contribution is 0.420. The summed E-state index contributed by atoms with van der Waals surface area (Å²) in [6.45, 7) is 12.7. The minimum Gasteiger partial charge on any atom is -0.310 e. The zero-order chi connectivity index (χ0) is 79.7. The number of pyridine rings is 4. The van der Waals surface area contributed by atoms with Crippen molar-refractivity contribution < 1.29 is 0 Å². The Labute approximate surface area is 700 Å². The third-order valence-corrected chi connectivity index (χ3v) is 28.2. The molecule has 0 N–H and O–H groups in total. The van der Waals surface area contributed by atoms with Crippen LogP contribution in [0, 0.1) is 88.9 Å². The average Bonchev–Trinajstić information content (AvgIpc) is 1.33. The van der Waals surface area contributed by atoms with Gasteiger partial charge in [-0.15, -0.1) is 0 Å². The lowest BCUT2D eigenvalue weighted by atomic mass is 9.83. The molecule has 8 bridgehead atoms. The van der Waals surface area contributed by atoms with Crippen LogP contribution in [0.15, 0.2) is 304 Å². The summed E-state index contributed by atoms with van der Waals surface area (Å²) in [5.74, 6) is 11.6. The summed E-state index contributed by atoms with van der Waals surface area (Å²) in [4.78, 5) is 27.9. The Morgan fingerprint density at radius 2 is 0.610 bits per heavy atom. The van der Waals surface area contributed by atoms with Gasteiger partial charge < -0.3 is 14.7 Å². The Hall–Kier alpha value is -11.5. The number of rotatable bonds is 16. The topological polar surface area (TPSA) is 64.5 Å². The molecule has 22 rings (SSSR count). The van der Waals surface area contributed by atoms with Gasteiger partial charge in [0.2, 0.25) is 0 Å². The summed E-state index contributed by atoms with van der Waals surface area (Å²) in [5, 5.41) is 2.21. The van der Waals surface area contributed by atoms with Crippen molar-refractivity contribution >= 4 is 90.2 Å². The molecule has 8 saturated carbocycles. The molecular formula is C110H112N8. The Balaban J connectivity index is 0.000000105. The molecule has 0 amide bonds. The fourth-order valence-corrected chi connectivity index (χ4v) is 22.7. The van der Waals surface area contributed by atoms with E-state index in [4.69, 9.17) is 9.97 Å². The van der Waals surface area contributed by atoms with Crippen LogP contribution < -0.4 is 19.6 Å². The van der Waals surface area contributed by atoms with Gasteiger partial charge in [0.05, 0.1) is 16.7 Å². The van der Waals surface area contributed by atoms with E-state index in [0.29, 0.717) is 0 Å². The molecule has 4 heterocycles. The number of fused-ring (bicyclic) bond motifs is 11. The van der Waals surface area contributed by atoms with Crippen molar-refractivity contribution in [1.29, 1.82) is 0 Å². The maximum absolute atomic E-state index is 4.81. The molecule has 0 radical (unpaired) electrons. The molecule has 8 nitrogen and oxygen atoms in total. The minimum absolute atomic E-state index is 0.745. The lowest BCUT2D eigenvalue weighted by Crippen LogP contribution is -2.13. The van der Waals surface area contributed by atoms with E-state index >= 15 is 0 Å². The van der Waals surface area contributed by atoms with E-state index in [1.165, 1.54) is 181 Å². The second-order valence-corrected chi connectivity index (χ2v) is 36.2. The molecule has 8 heteroatoms. The van der Waals surface area contributed by atoms with Crippen molar-refractivity contribution in [2.45, 2.75) is 168 Å². The number of benzene rings is 10. The number of hydrogen-bond donors (Lipinski definition) is 0.